The third kappa shape index (κ3) is 6.66. The van der Waals surface area contributed by atoms with E-state index in [9.17, 15) is 30.4 Å². The summed E-state index contributed by atoms with van der Waals surface area (Å²) in [6.45, 7) is 1.53. The third-order valence-electron chi connectivity index (χ3n) is 6.02. The number of imidazole rings is 1. The van der Waals surface area contributed by atoms with E-state index in [4.69, 9.17) is 11.6 Å². The Balaban J connectivity index is 1.85. The SMILES string of the molecule is Cc1nc(C(F)F)cn1-c1ccc(-c2cccc(S(C)(=O)=O)c2)cc1N(N)/C(=C\N)c1ccc(OC(F)(F)F)cc1. The molecule has 4 N–H and O–H groups in total. The normalized spacial score (nSPS) is 12.6. The molecule has 0 fully saturated rings. The van der Waals surface area contributed by atoms with Gasteiger partial charge < -0.3 is 15.0 Å². The lowest BCUT2D eigenvalue weighted by molar-refractivity contribution is -0.274. The fourth-order valence-corrected chi connectivity index (χ4v) is 4.79. The average Bonchev–Trinajstić information content (AvgIpc) is 3.30. The lowest BCUT2D eigenvalue weighted by Crippen LogP contribution is -2.31. The monoisotopic (exact) mass is 593 g/mol. The van der Waals surface area contributed by atoms with Crippen molar-refractivity contribution in [1.82, 2.24) is 9.55 Å². The van der Waals surface area contributed by atoms with Crippen LogP contribution in [0.3, 0.4) is 0 Å². The van der Waals surface area contributed by atoms with Crippen LogP contribution in [0.1, 0.15) is 23.5 Å². The molecule has 1 aromatic heterocycles. The van der Waals surface area contributed by atoms with Gasteiger partial charge >= 0.3 is 6.36 Å². The first-order chi connectivity index (χ1) is 19.2. The molecule has 0 spiro atoms. The molecule has 0 radical (unpaired) electrons. The Kier molecular flexibility index (Phi) is 8.08. The van der Waals surface area contributed by atoms with E-state index in [2.05, 4.69) is 9.72 Å². The summed E-state index contributed by atoms with van der Waals surface area (Å²) in [5.41, 5.74) is 7.50. The molecule has 0 unspecified atom stereocenters. The Labute approximate surface area is 232 Å². The molecular weight excluding hydrogens is 569 g/mol. The second-order valence-electron chi connectivity index (χ2n) is 8.88. The zero-order valence-electron chi connectivity index (χ0n) is 21.6. The maximum Gasteiger partial charge on any atom is 0.573 e. The van der Waals surface area contributed by atoms with Gasteiger partial charge in [0.15, 0.2) is 9.84 Å². The lowest BCUT2D eigenvalue weighted by Gasteiger charge is -2.26. The maximum absolute atomic E-state index is 13.4. The molecule has 0 bridgehead atoms. The minimum atomic E-state index is -4.88. The predicted molar refractivity (Wildman–Crippen MR) is 144 cm³/mol. The first-order valence-electron chi connectivity index (χ1n) is 11.8. The van der Waals surface area contributed by atoms with Crippen molar-refractivity contribution in [2.75, 3.05) is 11.3 Å². The summed E-state index contributed by atoms with van der Waals surface area (Å²) in [7, 11) is -3.52. The van der Waals surface area contributed by atoms with Crippen molar-refractivity contribution < 1.29 is 35.1 Å². The molecule has 216 valence electrons. The standard InChI is InChI=1S/C27H24F5N5O3S/c1-16-35-22(26(28)29)15-36(16)23-11-8-19(18-4-3-5-21(12-18)41(2,38)39)13-24(23)37(34)25(14-33)17-6-9-20(10-7-17)40-27(30,31)32/h3-15,26H,33-34H2,1-2H3/b25-14-. The van der Waals surface area contributed by atoms with Crippen LogP contribution in [0.25, 0.3) is 22.5 Å². The third-order valence-corrected chi connectivity index (χ3v) is 7.13. The van der Waals surface area contributed by atoms with Crippen LogP contribution in [0.5, 0.6) is 5.75 Å². The van der Waals surface area contributed by atoms with Crippen molar-refractivity contribution in [3.63, 3.8) is 0 Å². The number of sulfone groups is 1. The Morgan fingerprint density at radius 2 is 1.71 bits per heavy atom. The van der Waals surface area contributed by atoms with Crippen molar-refractivity contribution in [3.8, 4) is 22.6 Å². The maximum atomic E-state index is 13.4. The number of halogens is 5. The van der Waals surface area contributed by atoms with Gasteiger partial charge in [0.05, 0.1) is 22.0 Å². The van der Waals surface area contributed by atoms with Crippen molar-refractivity contribution in [3.05, 3.63) is 96.2 Å². The van der Waals surface area contributed by atoms with Crippen molar-refractivity contribution in [2.24, 2.45) is 11.6 Å². The van der Waals surface area contributed by atoms with Crippen LogP contribution >= 0.6 is 0 Å². The molecule has 0 amide bonds. The minimum Gasteiger partial charge on any atom is -0.406 e. The summed E-state index contributed by atoms with van der Waals surface area (Å²) in [5.74, 6) is 6.29. The van der Waals surface area contributed by atoms with Crippen molar-refractivity contribution >= 4 is 21.2 Å². The molecule has 4 aromatic rings. The van der Waals surface area contributed by atoms with E-state index in [-0.39, 0.29) is 22.1 Å². The Morgan fingerprint density at radius 3 is 2.27 bits per heavy atom. The lowest BCUT2D eigenvalue weighted by atomic mass is 10.0. The molecule has 14 heteroatoms. The number of nitrogens with two attached hydrogens (primary N) is 2. The summed E-state index contributed by atoms with van der Waals surface area (Å²) in [6, 6.07) is 15.8. The number of rotatable bonds is 8. The molecule has 0 aliphatic carbocycles. The number of aryl methyl sites for hydroxylation is 1. The number of nitrogens with zero attached hydrogens (tertiary/aromatic N) is 3. The number of benzene rings is 3. The van der Waals surface area contributed by atoms with Gasteiger partial charge in [-0.1, -0.05) is 18.2 Å². The molecule has 0 aliphatic rings. The zero-order valence-corrected chi connectivity index (χ0v) is 22.4. The minimum absolute atomic E-state index is 0.0842. The van der Waals surface area contributed by atoms with Crippen molar-refractivity contribution in [1.29, 1.82) is 0 Å². The highest BCUT2D eigenvalue weighted by Gasteiger charge is 2.31. The van der Waals surface area contributed by atoms with Crippen LogP contribution in [0.4, 0.5) is 27.6 Å². The molecule has 0 aliphatic heterocycles. The van der Waals surface area contributed by atoms with Crippen molar-refractivity contribution in [2.45, 2.75) is 24.6 Å². The van der Waals surface area contributed by atoms with Crippen LogP contribution in [0.2, 0.25) is 0 Å². The summed E-state index contributed by atoms with van der Waals surface area (Å²) in [4.78, 5) is 3.99. The molecule has 4 rings (SSSR count). The quantitative estimate of drug-likeness (QED) is 0.152. The number of anilines is 1. The highest BCUT2D eigenvalue weighted by molar-refractivity contribution is 7.90. The van der Waals surface area contributed by atoms with Gasteiger partial charge in [-0.3, -0.25) is 5.01 Å². The van der Waals surface area contributed by atoms with Crippen LogP contribution in [0, 0.1) is 6.92 Å². The van der Waals surface area contributed by atoms with Crippen LogP contribution in [0.15, 0.2) is 84.0 Å². The smallest absolute Gasteiger partial charge is 0.406 e. The topological polar surface area (TPSA) is 116 Å². The number of hydrogen-bond donors (Lipinski definition) is 2. The Morgan fingerprint density at radius 1 is 1.05 bits per heavy atom. The van der Waals surface area contributed by atoms with Crippen LogP contribution < -0.4 is 21.3 Å². The molecule has 0 saturated heterocycles. The van der Waals surface area contributed by atoms with E-state index in [1.165, 1.54) is 35.8 Å². The first kappa shape index (κ1) is 29.6. The average molecular weight is 594 g/mol. The van der Waals surface area contributed by atoms with E-state index in [0.717, 1.165) is 35.8 Å². The summed E-state index contributed by atoms with van der Waals surface area (Å²) < 4.78 is 94.2. The molecule has 0 saturated carbocycles. The molecule has 1 heterocycles. The van der Waals surface area contributed by atoms with Gasteiger partial charge in [-0.15, -0.1) is 13.2 Å². The van der Waals surface area contributed by atoms with E-state index in [1.807, 2.05) is 0 Å². The van der Waals surface area contributed by atoms with Gasteiger partial charge in [0.25, 0.3) is 6.43 Å². The molecule has 0 atom stereocenters. The molecular formula is C27H24F5N5O3S. The van der Waals surface area contributed by atoms with Crippen LogP contribution in [-0.2, 0) is 9.84 Å². The van der Waals surface area contributed by atoms with Gasteiger partial charge in [-0.25, -0.2) is 28.0 Å². The van der Waals surface area contributed by atoms with Gasteiger partial charge in [0.2, 0.25) is 0 Å². The summed E-state index contributed by atoms with van der Waals surface area (Å²) in [5, 5.41) is 1.14. The van der Waals surface area contributed by atoms with E-state index in [0.29, 0.717) is 22.4 Å². The Bertz CT molecular complexity index is 1700. The fourth-order valence-electron chi connectivity index (χ4n) is 4.12. The summed E-state index contributed by atoms with van der Waals surface area (Å²) >= 11 is 0. The molecule has 3 aromatic carbocycles. The number of aromatic nitrogens is 2. The number of hydrazine groups is 1. The highest BCUT2D eigenvalue weighted by Crippen LogP contribution is 2.35. The van der Waals surface area contributed by atoms with E-state index >= 15 is 0 Å². The largest absolute Gasteiger partial charge is 0.573 e. The van der Waals surface area contributed by atoms with E-state index < -0.39 is 34.1 Å². The van der Waals surface area contributed by atoms with E-state index in [1.54, 1.807) is 30.3 Å². The first-order valence-corrected chi connectivity index (χ1v) is 13.7. The number of alkyl halides is 5. The van der Waals surface area contributed by atoms with Gasteiger partial charge in [0.1, 0.15) is 17.3 Å². The molecule has 8 nitrogen and oxygen atoms in total. The molecule has 41 heavy (non-hydrogen) atoms. The predicted octanol–water partition coefficient (Wildman–Crippen LogP) is 5.72. The second kappa shape index (κ2) is 11.2. The van der Waals surface area contributed by atoms with Gasteiger partial charge in [-0.05, 0) is 66.6 Å². The zero-order chi connectivity index (χ0) is 30.1. The highest BCUT2D eigenvalue weighted by atomic mass is 32.2. The van der Waals surface area contributed by atoms with Gasteiger partial charge in [-0.2, -0.15) is 0 Å². The van der Waals surface area contributed by atoms with Crippen LogP contribution in [-0.4, -0.2) is 30.6 Å². The fraction of sp³-hybridized carbons (Fsp3) is 0.148. The number of ether oxygens (including phenoxy) is 1. The van der Waals surface area contributed by atoms with Gasteiger partial charge in [0, 0.05) is 24.2 Å². The number of hydrogen-bond acceptors (Lipinski definition) is 7. The summed E-state index contributed by atoms with van der Waals surface area (Å²) in [6.07, 6.45) is -4.34. The Hall–Kier alpha value is -4.43. The second-order valence-corrected chi connectivity index (χ2v) is 10.9.